The maximum atomic E-state index is 12.4. The molecule has 8 aromatic heterocycles. The number of H-pyrrole nitrogens is 4. The van der Waals surface area contributed by atoms with Crippen molar-refractivity contribution in [3.63, 3.8) is 0 Å². The maximum absolute atomic E-state index is 12.4. The van der Waals surface area contributed by atoms with Crippen molar-refractivity contribution < 1.29 is 33.6 Å². The lowest BCUT2D eigenvalue weighted by Crippen LogP contribution is -2.06. The first-order chi connectivity index (χ1) is 62.5. The van der Waals surface area contributed by atoms with Crippen LogP contribution in [0.3, 0.4) is 0 Å². The molecule has 0 unspecified atom stereocenters. The number of aromatic amines is 4. The number of allylic oxidation sites excluding steroid dienone is 20. The highest BCUT2D eigenvalue weighted by Crippen LogP contribution is 2.45. The largest absolute Gasteiger partial charge is 0.497 e. The molecule has 6 aliphatic heterocycles. The number of Topliss-reactive ketones (excluding diaryl/α,β-unsaturated/α-hetero) is 1. The van der Waals surface area contributed by atoms with E-state index in [-0.39, 0.29) is 12.2 Å². The Labute approximate surface area is 735 Å². The second-order valence-electron chi connectivity index (χ2n) is 31.0. The highest BCUT2D eigenvalue weighted by Gasteiger charge is 2.31. The van der Waals surface area contributed by atoms with E-state index in [0.29, 0.717) is 45.4 Å². The Hall–Kier alpha value is -16.1. The van der Waals surface area contributed by atoms with E-state index in [1.54, 1.807) is 32.7 Å². The van der Waals surface area contributed by atoms with Gasteiger partial charge in [-0.15, -0.1) is 0 Å². The smallest absolute Gasteiger partial charge is 0.307 e. The van der Waals surface area contributed by atoms with E-state index in [1.165, 1.54) is 11.1 Å². The zero-order chi connectivity index (χ0) is 86.4. The number of nitrogens with one attached hydrogen (secondary N) is 4. The van der Waals surface area contributed by atoms with Gasteiger partial charge < -0.3 is 49.7 Å². The first kappa shape index (κ1) is 81.9. The van der Waals surface area contributed by atoms with Crippen molar-refractivity contribution in [2.75, 3.05) is 34.0 Å². The van der Waals surface area contributed by atoms with E-state index in [2.05, 4.69) is 210 Å². The van der Waals surface area contributed by atoms with Gasteiger partial charge in [-0.05, 0) is 299 Å². The minimum absolute atomic E-state index is 0.101. The Morgan fingerprint density at radius 3 is 0.945 bits per heavy atom. The summed E-state index contributed by atoms with van der Waals surface area (Å²) in [5.41, 5.74) is 39.2. The molecule has 0 radical (unpaired) electrons. The summed E-state index contributed by atoms with van der Waals surface area (Å²) in [6, 6.07) is 61.4. The predicted molar refractivity (Wildman–Crippen MR) is 503 cm³/mol. The van der Waals surface area contributed by atoms with Gasteiger partial charge in [-0.3, -0.25) is 29.5 Å². The van der Waals surface area contributed by atoms with Crippen molar-refractivity contribution in [2.24, 2.45) is 25.7 Å². The molecule has 12 aromatic rings. The molecule has 0 fully saturated rings. The zero-order valence-electron chi connectivity index (χ0n) is 70.0. The normalized spacial score (nSPS) is 15.3. The molecule has 624 valence electrons. The van der Waals surface area contributed by atoms with E-state index < -0.39 is 5.97 Å². The fourth-order valence-corrected chi connectivity index (χ4v) is 16.8. The van der Waals surface area contributed by atoms with Gasteiger partial charge in [-0.1, -0.05) is 72.8 Å². The quantitative estimate of drug-likeness (QED) is 0.0308. The molecule has 0 saturated carbocycles. The van der Waals surface area contributed by atoms with E-state index in [9.17, 15) is 9.59 Å². The summed E-state index contributed by atoms with van der Waals surface area (Å²) in [5.74, 6) is 2.63. The lowest BCUT2D eigenvalue weighted by atomic mass is 9.91. The van der Waals surface area contributed by atoms with Gasteiger partial charge in [0.05, 0.1) is 79.5 Å². The predicted octanol–water partition coefficient (Wildman–Crippen LogP) is 20.5. The van der Waals surface area contributed by atoms with Crippen LogP contribution in [0.4, 0.5) is 0 Å². The van der Waals surface area contributed by atoms with Crippen LogP contribution in [0.5, 0.6) is 23.0 Å². The molecule has 14 heterocycles. The van der Waals surface area contributed by atoms with E-state index >= 15 is 0 Å². The molecule has 0 amide bonds. The van der Waals surface area contributed by atoms with Crippen molar-refractivity contribution >= 4 is 79.2 Å². The number of unbranched alkanes of at least 4 members (excludes halogenated alkanes) is 1. The second-order valence-corrected chi connectivity index (χ2v) is 31.0. The molecule has 0 saturated heterocycles. The molecule has 8 aliphatic rings. The fraction of sp³-hybridized carbons (Fsp3) is 0.121. The summed E-state index contributed by atoms with van der Waals surface area (Å²) in [7, 11) is 3.36. The third kappa shape index (κ3) is 18.5. The summed E-state index contributed by atoms with van der Waals surface area (Å²) < 4.78 is 23.2. The number of fused-ring (bicyclic) bond motifs is 12. The SMILES string of the molecule is COc1ccc(C2=C3C=CC(=N3)C(c3ccncc3)=C3C=CC(=C(c4ccc(OCCCCC(=O)Cc5cc[nH]c5)cc4)C4=NC(=C(c5ccncc5)c5ccc2[nH]5)C=C4)C3)cc1.COc1ccc(C2=C3C=CC(=N3)C(c3ccncc3)=C3C=CC(=C(c4ccc(OCCCN)cc4)C4=NC(=C(c5ccncc5)c5ccc2[nH]5)C=C4)C3)cc1.O=C(O)Cc1cc[nH]c1. The molecule has 16 bridgehead atoms. The number of carbonyl (C=O) groups excluding carboxylic acids is 1. The van der Waals surface area contributed by atoms with Gasteiger partial charge in [0.15, 0.2) is 0 Å². The molecule has 20 heteroatoms. The Morgan fingerprint density at radius 2 is 0.638 bits per heavy atom. The van der Waals surface area contributed by atoms with Crippen LogP contribution in [0.1, 0.15) is 117 Å². The van der Waals surface area contributed by atoms with Gasteiger partial charge in [0.1, 0.15) is 28.8 Å². The molecular formula is C107H89N13O7. The van der Waals surface area contributed by atoms with Crippen LogP contribution in [-0.4, -0.2) is 114 Å². The number of benzene rings is 4. The Balaban J connectivity index is 0.000000157. The highest BCUT2D eigenvalue weighted by molar-refractivity contribution is 6.35. The van der Waals surface area contributed by atoms with Gasteiger partial charge in [-0.2, -0.15) is 0 Å². The number of methoxy groups -OCH3 is 2. The van der Waals surface area contributed by atoms with Gasteiger partial charge in [0.25, 0.3) is 0 Å². The average molecular weight is 1670 g/mol. The van der Waals surface area contributed by atoms with Crippen molar-refractivity contribution in [3.05, 3.63) is 453 Å². The highest BCUT2D eigenvalue weighted by atomic mass is 16.5. The summed E-state index contributed by atoms with van der Waals surface area (Å²) in [5, 5.41) is 8.27. The topological polar surface area (TPSA) is 281 Å². The zero-order valence-corrected chi connectivity index (χ0v) is 70.0. The lowest BCUT2D eigenvalue weighted by Gasteiger charge is -2.15. The van der Waals surface area contributed by atoms with Crippen molar-refractivity contribution in [1.29, 1.82) is 0 Å². The molecule has 0 atom stereocenters. The van der Waals surface area contributed by atoms with Crippen LogP contribution in [0.25, 0.3) is 44.6 Å². The molecule has 20 nitrogen and oxygen atoms in total. The number of aliphatic carboxylic acids is 1. The average Bonchev–Trinajstić information content (AvgIpc) is 1.62. The van der Waals surface area contributed by atoms with Crippen LogP contribution in [0.15, 0.2) is 394 Å². The number of ketones is 1. The Bertz CT molecular complexity index is 6760. The van der Waals surface area contributed by atoms with Crippen molar-refractivity contribution in [1.82, 2.24) is 39.9 Å². The van der Waals surface area contributed by atoms with E-state index in [4.69, 9.17) is 49.8 Å². The van der Waals surface area contributed by atoms with Crippen LogP contribution in [0, 0.1) is 0 Å². The lowest BCUT2D eigenvalue weighted by molar-refractivity contribution is -0.136. The number of carbonyl (C=O) groups is 2. The molecule has 4 aromatic carbocycles. The minimum Gasteiger partial charge on any atom is -0.497 e. The monoisotopic (exact) mass is 1670 g/mol. The number of ether oxygens (including phenoxy) is 4. The number of aliphatic imine (C=N–C) groups is 4. The Kier molecular flexibility index (Phi) is 24.6. The molecule has 0 spiro atoms. The van der Waals surface area contributed by atoms with Crippen LogP contribution in [-0.2, 0) is 22.4 Å². The number of nitrogens with zero attached hydrogens (tertiary/aromatic N) is 8. The van der Waals surface area contributed by atoms with Crippen molar-refractivity contribution in [3.8, 4) is 23.0 Å². The molecule has 2 aliphatic carbocycles. The molecule has 127 heavy (non-hydrogen) atoms. The van der Waals surface area contributed by atoms with Gasteiger partial charge in [0, 0.05) is 155 Å². The van der Waals surface area contributed by atoms with E-state index in [1.807, 2.05) is 141 Å². The van der Waals surface area contributed by atoms with Gasteiger partial charge in [-0.25, -0.2) is 20.0 Å². The number of hydrogen-bond acceptors (Lipinski definition) is 15. The van der Waals surface area contributed by atoms with E-state index in [0.717, 1.165) is 222 Å². The van der Waals surface area contributed by atoms with Crippen LogP contribution in [0.2, 0.25) is 0 Å². The summed E-state index contributed by atoms with van der Waals surface area (Å²) in [4.78, 5) is 74.9. The standard InChI is InChI=1S/C54H44N6O3.C47H38N6O2.C6H7NO2/c1-62-43-11-7-37(8-12-43)53-47-17-16-46(59-47)52(38-22-27-55-28-23-38)41-6-5-40(33-41)51(36-9-13-44(14-10-36)63-31-3-2-4-42(61)32-35-21-26-57-34-35)45-15-18-49(58-45)54(39-24-29-56-30-25-39)50-20-19-48(53)60-50;1-54-36-9-5-31(6-10-36)46-40-15-14-39(52-40)45(32-19-24-49-25-20-32)35-4-3-34(29-35)44(30-7-11-37(12-8-30)55-28-2-23-48)38-13-16-42(51-38)47(33-21-26-50-27-22-33)43-18-17-41(46)53-43;8-6(9)3-5-1-2-7-4-5/h5-30,34,57,60H,2-4,31-33H2,1H3;3-22,24-27,53H,2,23,28-29,48H2,1H3;1-2,4,7H,3H2,(H,8,9). The third-order valence-corrected chi connectivity index (χ3v) is 22.8. The first-order valence-corrected chi connectivity index (χ1v) is 42.3. The minimum atomic E-state index is -0.797. The summed E-state index contributed by atoms with van der Waals surface area (Å²) >= 11 is 0. The number of nitrogens with two attached hydrogens (primary N) is 1. The number of rotatable bonds is 24. The number of hydrogen-bond donors (Lipinski definition) is 6. The fourth-order valence-electron chi connectivity index (χ4n) is 16.8. The maximum Gasteiger partial charge on any atom is 0.307 e. The first-order valence-electron chi connectivity index (χ1n) is 42.3. The third-order valence-electron chi connectivity index (χ3n) is 22.8. The van der Waals surface area contributed by atoms with Crippen molar-refractivity contribution in [2.45, 2.75) is 51.4 Å². The molecule has 7 N–H and O–H groups in total. The number of carboxylic acids is 1. The number of pyridine rings is 4. The molecule has 20 rings (SSSR count). The summed E-state index contributed by atoms with van der Waals surface area (Å²) in [6.45, 7) is 1.71. The van der Waals surface area contributed by atoms with Crippen LogP contribution < -0.4 is 24.7 Å². The van der Waals surface area contributed by atoms with Gasteiger partial charge in [0.2, 0.25) is 0 Å². The van der Waals surface area contributed by atoms with Gasteiger partial charge >= 0.3 is 5.97 Å². The molecular weight excluding hydrogens is 1580 g/mol. The second kappa shape index (κ2) is 38.1. The summed E-state index contributed by atoms with van der Waals surface area (Å²) in [6.07, 6.45) is 52.5. The Morgan fingerprint density at radius 1 is 0.339 bits per heavy atom. The number of carboxylic acid groups (broad SMARTS) is 1. The number of aromatic nitrogens is 8. The van der Waals surface area contributed by atoms with Crippen LogP contribution >= 0.6 is 0 Å².